The maximum atomic E-state index is 7.10. The number of hydrogen-bond acceptors (Lipinski definition) is 2. The topological polar surface area (TPSA) is 59.1 Å². The van der Waals surface area contributed by atoms with E-state index in [-0.39, 0.29) is 11.9 Å². The number of ether oxygens (including phenoxy) is 1. The van der Waals surface area contributed by atoms with E-state index in [4.69, 9.17) is 15.9 Å². The molecule has 72 valence electrons. The molecule has 0 aromatic carbocycles. The summed E-state index contributed by atoms with van der Waals surface area (Å²) in [4.78, 5) is 0. The summed E-state index contributed by atoms with van der Waals surface area (Å²) in [6, 6.07) is 0. The van der Waals surface area contributed by atoms with Gasteiger partial charge in [-0.25, -0.2) is 0 Å². The summed E-state index contributed by atoms with van der Waals surface area (Å²) < 4.78 is 5.37. The van der Waals surface area contributed by atoms with Crippen LogP contribution in [-0.4, -0.2) is 18.5 Å². The van der Waals surface area contributed by atoms with Gasteiger partial charge in [0, 0.05) is 0 Å². The van der Waals surface area contributed by atoms with Gasteiger partial charge in [0.25, 0.3) is 0 Å². The minimum atomic E-state index is -0.232. The summed E-state index contributed by atoms with van der Waals surface area (Å²) in [5.74, 6) is 0.676. The highest BCUT2D eigenvalue weighted by atomic mass is 16.5. The van der Waals surface area contributed by atoms with E-state index in [1.54, 1.807) is 6.92 Å². The van der Waals surface area contributed by atoms with E-state index in [2.05, 4.69) is 13.8 Å². The summed E-state index contributed by atoms with van der Waals surface area (Å²) in [5.41, 5.74) is 5.25. The van der Waals surface area contributed by atoms with Crippen LogP contribution in [0.4, 0.5) is 0 Å². The van der Waals surface area contributed by atoms with E-state index >= 15 is 0 Å². The lowest BCUT2D eigenvalue weighted by Crippen LogP contribution is -2.29. The maximum absolute atomic E-state index is 7.10. The van der Waals surface area contributed by atoms with Crippen molar-refractivity contribution in [2.75, 3.05) is 6.61 Å². The van der Waals surface area contributed by atoms with Gasteiger partial charge < -0.3 is 10.5 Å². The smallest absolute Gasteiger partial charge is 0.120 e. The molecule has 0 amide bonds. The fourth-order valence-electron chi connectivity index (χ4n) is 0.975. The van der Waals surface area contributed by atoms with Gasteiger partial charge in [-0.3, -0.25) is 5.41 Å². The normalized spacial score (nSPS) is 15.6. The van der Waals surface area contributed by atoms with Gasteiger partial charge in [-0.1, -0.05) is 20.3 Å². The number of rotatable bonds is 6. The van der Waals surface area contributed by atoms with Crippen molar-refractivity contribution in [2.45, 2.75) is 39.7 Å². The molecule has 2 atom stereocenters. The lowest BCUT2D eigenvalue weighted by atomic mass is 10.1. The van der Waals surface area contributed by atoms with Crippen LogP contribution in [0.1, 0.15) is 33.6 Å². The van der Waals surface area contributed by atoms with Crippen LogP contribution in [0.25, 0.3) is 0 Å². The summed E-state index contributed by atoms with van der Waals surface area (Å²) >= 11 is 0. The zero-order valence-corrected chi connectivity index (χ0v) is 8.26. The van der Waals surface area contributed by atoms with Gasteiger partial charge in [0.1, 0.15) is 11.9 Å². The number of amidine groups is 1. The van der Waals surface area contributed by atoms with Crippen molar-refractivity contribution in [3.05, 3.63) is 0 Å². The molecule has 0 fully saturated rings. The molecule has 12 heavy (non-hydrogen) atoms. The summed E-state index contributed by atoms with van der Waals surface area (Å²) in [6.45, 7) is 6.82. The summed E-state index contributed by atoms with van der Waals surface area (Å²) in [6.07, 6.45) is 2.12. The minimum Gasteiger partial charge on any atom is -0.385 e. The largest absolute Gasteiger partial charge is 0.385 e. The zero-order valence-electron chi connectivity index (χ0n) is 8.26. The highest BCUT2D eigenvalue weighted by Gasteiger charge is 2.07. The molecule has 0 bridgehead atoms. The highest BCUT2D eigenvalue weighted by Crippen LogP contribution is 2.06. The Bertz CT molecular complexity index is 136. The van der Waals surface area contributed by atoms with E-state index in [1.165, 1.54) is 12.8 Å². The Balaban J connectivity index is 3.46. The van der Waals surface area contributed by atoms with Crippen LogP contribution in [0.15, 0.2) is 0 Å². The van der Waals surface area contributed by atoms with Gasteiger partial charge in [0.05, 0.1) is 6.61 Å². The van der Waals surface area contributed by atoms with E-state index in [9.17, 15) is 0 Å². The predicted octanol–water partition coefficient (Wildman–Crippen LogP) is 1.76. The fourth-order valence-corrected chi connectivity index (χ4v) is 0.975. The molecular formula is C9H20N2O. The molecule has 0 rings (SSSR count). The Morgan fingerprint density at radius 2 is 2.08 bits per heavy atom. The molecule has 3 heteroatoms. The first-order valence-corrected chi connectivity index (χ1v) is 4.53. The molecule has 2 unspecified atom stereocenters. The molecule has 0 aromatic rings. The van der Waals surface area contributed by atoms with E-state index in [0.29, 0.717) is 12.5 Å². The average Bonchev–Trinajstić information content (AvgIpc) is 2.00. The molecule has 0 aliphatic carbocycles. The molecule has 0 spiro atoms. The van der Waals surface area contributed by atoms with Gasteiger partial charge in [0.15, 0.2) is 0 Å². The van der Waals surface area contributed by atoms with Crippen molar-refractivity contribution in [3.63, 3.8) is 0 Å². The Morgan fingerprint density at radius 1 is 1.50 bits per heavy atom. The maximum Gasteiger partial charge on any atom is 0.120 e. The van der Waals surface area contributed by atoms with Gasteiger partial charge in [-0.15, -0.1) is 0 Å². The third kappa shape index (κ3) is 5.13. The minimum absolute atomic E-state index is 0.110. The predicted molar refractivity (Wildman–Crippen MR) is 51.4 cm³/mol. The number of hydrogen-bond donors (Lipinski definition) is 2. The Morgan fingerprint density at radius 3 is 2.50 bits per heavy atom. The highest BCUT2D eigenvalue weighted by molar-refractivity contribution is 5.81. The monoisotopic (exact) mass is 172 g/mol. The van der Waals surface area contributed by atoms with Crippen molar-refractivity contribution >= 4 is 5.84 Å². The van der Waals surface area contributed by atoms with Gasteiger partial charge in [-0.2, -0.15) is 0 Å². The molecule has 3 N–H and O–H groups in total. The Hall–Kier alpha value is -0.570. The van der Waals surface area contributed by atoms with Crippen LogP contribution < -0.4 is 5.73 Å². The van der Waals surface area contributed by atoms with Crippen LogP contribution in [0.2, 0.25) is 0 Å². The molecule has 0 saturated heterocycles. The third-order valence-corrected chi connectivity index (χ3v) is 1.85. The molecule has 0 radical (unpaired) electrons. The van der Waals surface area contributed by atoms with Gasteiger partial charge in [-0.05, 0) is 19.3 Å². The van der Waals surface area contributed by atoms with Crippen molar-refractivity contribution in [3.8, 4) is 0 Å². The SMILES string of the molecule is CCCC(C)COC(C)C(=N)N. The molecule has 3 nitrogen and oxygen atoms in total. The quantitative estimate of drug-likeness (QED) is 0.474. The average molecular weight is 172 g/mol. The number of nitrogens with one attached hydrogen (secondary N) is 1. The molecular weight excluding hydrogens is 152 g/mol. The van der Waals surface area contributed by atoms with Gasteiger partial charge in [0.2, 0.25) is 0 Å². The second-order valence-electron chi connectivity index (χ2n) is 3.32. The van der Waals surface area contributed by atoms with E-state index in [1.807, 2.05) is 0 Å². The Labute approximate surface area is 74.8 Å². The third-order valence-electron chi connectivity index (χ3n) is 1.85. The van der Waals surface area contributed by atoms with Crippen LogP contribution in [0, 0.1) is 11.3 Å². The zero-order chi connectivity index (χ0) is 9.56. The van der Waals surface area contributed by atoms with Crippen LogP contribution >= 0.6 is 0 Å². The molecule has 0 saturated carbocycles. The Kier molecular flexibility index (Phi) is 5.72. The first-order chi connectivity index (χ1) is 5.57. The standard InChI is InChI=1S/C9H20N2O/c1-4-5-7(2)6-12-8(3)9(10)11/h7-8H,4-6H2,1-3H3,(H3,10,11). The molecule has 0 aromatic heterocycles. The second-order valence-corrected chi connectivity index (χ2v) is 3.32. The van der Waals surface area contributed by atoms with Crippen LogP contribution in [0.5, 0.6) is 0 Å². The van der Waals surface area contributed by atoms with Gasteiger partial charge >= 0.3 is 0 Å². The van der Waals surface area contributed by atoms with Crippen LogP contribution in [0.3, 0.4) is 0 Å². The first kappa shape index (κ1) is 11.4. The molecule has 0 heterocycles. The van der Waals surface area contributed by atoms with Crippen molar-refractivity contribution in [1.82, 2.24) is 0 Å². The second kappa shape index (κ2) is 6.00. The fraction of sp³-hybridized carbons (Fsp3) is 0.889. The lowest BCUT2D eigenvalue weighted by Gasteiger charge is -2.15. The van der Waals surface area contributed by atoms with Crippen molar-refractivity contribution in [1.29, 1.82) is 5.41 Å². The number of nitrogens with two attached hydrogens (primary N) is 1. The summed E-state index contributed by atoms with van der Waals surface area (Å²) in [5, 5.41) is 7.10. The van der Waals surface area contributed by atoms with E-state index < -0.39 is 0 Å². The molecule has 0 aliphatic rings. The lowest BCUT2D eigenvalue weighted by molar-refractivity contribution is 0.0789. The van der Waals surface area contributed by atoms with Crippen molar-refractivity contribution in [2.24, 2.45) is 11.7 Å². The first-order valence-electron chi connectivity index (χ1n) is 4.53. The van der Waals surface area contributed by atoms with Crippen molar-refractivity contribution < 1.29 is 4.74 Å². The summed E-state index contributed by atoms with van der Waals surface area (Å²) in [7, 11) is 0. The van der Waals surface area contributed by atoms with Crippen LogP contribution in [-0.2, 0) is 4.74 Å². The van der Waals surface area contributed by atoms with E-state index in [0.717, 1.165) is 0 Å². The molecule has 0 aliphatic heterocycles.